The maximum atomic E-state index is 14.2. The molecule has 4 rings (SSSR count). The van der Waals surface area contributed by atoms with Crippen LogP contribution in [0.5, 0.6) is 5.75 Å². The summed E-state index contributed by atoms with van der Waals surface area (Å²) in [7, 11) is 0. The summed E-state index contributed by atoms with van der Waals surface area (Å²) in [5.41, 5.74) is -1.74. The largest absolute Gasteiger partial charge is 0.418 e. The predicted octanol–water partition coefficient (Wildman–Crippen LogP) is 6.15. The number of aromatic nitrogens is 1. The van der Waals surface area contributed by atoms with Crippen molar-refractivity contribution in [3.05, 3.63) is 63.1 Å². The van der Waals surface area contributed by atoms with Gasteiger partial charge in [0.05, 0.1) is 19.2 Å². The summed E-state index contributed by atoms with van der Waals surface area (Å²) >= 11 is 0. The molecule has 0 aliphatic carbocycles. The van der Waals surface area contributed by atoms with Crippen LogP contribution in [0.15, 0.2) is 29.2 Å². The Bertz CT molecular complexity index is 1600. The maximum absolute atomic E-state index is 14.2. The molecule has 0 unspecified atom stereocenters. The van der Waals surface area contributed by atoms with Gasteiger partial charge in [-0.3, -0.25) is 19.2 Å². The van der Waals surface area contributed by atoms with E-state index in [4.69, 9.17) is 9.47 Å². The van der Waals surface area contributed by atoms with Gasteiger partial charge in [-0.1, -0.05) is 90.0 Å². The summed E-state index contributed by atoms with van der Waals surface area (Å²) < 4.78 is 40.1. The van der Waals surface area contributed by atoms with E-state index in [1.807, 2.05) is 0 Å². The Balaban J connectivity index is 1.33. The van der Waals surface area contributed by atoms with E-state index < -0.39 is 58.4 Å². The van der Waals surface area contributed by atoms with E-state index in [1.54, 1.807) is 6.92 Å². The lowest BCUT2D eigenvalue weighted by atomic mass is 10.0. The van der Waals surface area contributed by atoms with Crippen LogP contribution in [0.25, 0.3) is 0 Å². The molecule has 0 radical (unpaired) electrons. The number of unbranched alkanes of at least 4 members (excludes halogenated alkanes) is 12. The molecule has 1 fully saturated rings. The minimum atomic E-state index is -1.15. The number of nitrogens with one attached hydrogen (secondary N) is 2. The number of carbonyl (C=O) groups is 4. The fraction of sp³-hybridized carbons (Fsp3) is 0.605. The molecule has 0 spiro atoms. The molecule has 3 amide bonds. The Morgan fingerprint density at radius 1 is 0.961 bits per heavy atom. The van der Waals surface area contributed by atoms with E-state index in [0.717, 1.165) is 31.4 Å². The molecule has 51 heavy (non-hydrogen) atoms. The highest BCUT2D eigenvalue weighted by Crippen LogP contribution is 2.30. The summed E-state index contributed by atoms with van der Waals surface area (Å²) in [4.78, 5) is 67.8. The number of hydrogen-bond donors (Lipinski definition) is 2. The van der Waals surface area contributed by atoms with E-state index in [1.165, 1.54) is 80.4 Å². The summed E-state index contributed by atoms with van der Waals surface area (Å²) in [5, 5.41) is 5.03. The molecule has 2 aromatic rings. The molecule has 1 saturated heterocycles. The van der Waals surface area contributed by atoms with Crippen LogP contribution in [0.1, 0.15) is 137 Å². The smallest absolute Gasteiger partial charge is 0.333 e. The number of hydrogen-bond acceptors (Lipinski definition) is 7. The molecule has 13 heteroatoms. The number of benzene rings is 1. The van der Waals surface area contributed by atoms with E-state index in [2.05, 4.69) is 17.6 Å². The number of pyridine rings is 1. The van der Waals surface area contributed by atoms with Crippen molar-refractivity contribution >= 4 is 23.7 Å². The first-order valence-electron chi connectivity index (χ1n) is 18.5. The molecule has 2 aliphatic rings. The predicted molar refractivity (Wildman–Crippen MR) is 187 cm³/mol. The first-order valence-corrected chi connectivity index (χ1v) is 18.5. The summed E-state index contributed by atoms with van der Waals surface area (Å²) in [6.45, 7) is 5.36. The fourth-order valence-corrected chi connectivity index (χ4v) is 6.52. The molecule has 3 heterocycles. The second-order valence-electron chi connectivity index (χ2n) is 13.7. The van der Waals surface area contributed by atoms with Gasteiger partial charge < -0.3 is 29.6 Å². The monoisotopic (exact) mass is 714 g/mol. The van der Waals surface area contributed by atoms with E-state index in [0.29, 0.717) is 12.5 Å². The zero-order valence-corrected chi connectivity index (χ0v) is 30.1. The third kappa shape index (κ3) is 10.9. The summed E-state index contributed by atoms with van der Waals surface area (Å²) in [5.74, 6) is -5.18. The van der Waals surface area contributed by atoms with Gasteiger partial charge in [0.1, 0.15) is 23.2 Å². The van der Waals surface area contributed by atoms with Crippen molar-refractivity contribution in [1.82, 2.24) is 20.1 Å². The normalized spacial score (nSPS) is 17.1. The van der Waals surface area contributed by atoms with Gasteiger partial charge in [0, 0.05) is 30.8 Å². The van der Waals surface area contributed by atoms with Gasteiger partial charge >= 0.3 is 5.97 Å². The first kappa shape index (κ1) is 39.7. The summed E-state index contributed by atoms with van der Waals surface area (Å²) in [6, 6.07) is 1.41. The third-order valence-corrected chi connectivity index (χ3v) is 9.48. The lowest BCUT2D eigenvalue weighted by molar-refractivity contribution is -0.139. The molecule has 1 aromatic heterocycles. The Labute approximate surface area is 298 Å². The van der Waals surface area contributed by atoms with Crippen molar-refractivity contribution in [3.63, 3.8) is 0 Å². The van der Waals surface area contributed by atoms with Crippen LogP contribution < -0.4 is 20.8 Å². The van der Waals surface area contributed by atoms with Crippen LogP contribution in [0.3, 0.4) is 0 Å². The Hall–Kier alpha value is -4.13. The first-order chi connectivity index (χ1) is 24.5. The van der Waals surface area contributed by atoms with Crippen LogP contribution in [0.4, 0.5) is 8.78 Å². The molecular weight excluding hydrogens is 662 g/mol. The van der Waals surface area contributed by atoms with Gasteiger partial charge in [0.15, 0.2) is 11.9 Å². The molecular formula is C38H52F2N4O7. The number of fused-ring (bicyclic) bond motifs is 2. The Kier molecular flexibility index (Phi) is 15.1. The molecule has 280 valence electrons. The SMILES string of the molecule is CCCCCCCCCCCCCCCC(=O)N[C@@H](C)C(=O)Oc1c2n(cc(C(=O)NCc3ccc(F)cc3F)c1=O)C[C@H]1OC[C@H](C)N1C2=O. The second-order valence-corrected chi connectivity index (χ2v) is 13.7. The lowest BCUT2D eigenvalue weighted by Gasteiger charge is -2.34. The average molecular weight is 715 g/mol. The average Bonchev–Trinajstić information content (AvgIpc) is 3.47. The van der Waals surface area contributed by atoms with Gasteiger partial charge in [-0.05, 0) is 26.3 Å². The molecule has 2 aliphatic heterocycles. The number of ether oxygens (including phenoxy) is 2. The highest BCUT2D eigenvalue weighted by molar-refractivity contribution is 6.00. The van der Waals surface area contributed by atoms with E-state index >= 15 is 0 Å². The topological polar surface area (TPSA) is 136 Å². The minimum Gasteiger partial charge on any atom is -0.418 e. The molecule has 2 N–H and O–H groups in total. The van der Waals surface area contributed by atoms with Crippen LogP contribution >= 0.6 is 0 Å². The molecule has 0 bridgehead atoms. The molecule has 1 aromatic carbocycles. The molecule has 0 saturated carbocycles. The van der Waals surface area contributed by atoms with Crippen molar-refractivity contribution in [3.8, 4) is 5.75 Å². The van der Waals surface area contributed by atoms with Crippen molar-refractivity contribution in [1.29, 1.82) is 0 Å². The molecule has 3 atom stereocenters. The van der Waals surface area contributed by atoms with Crippen LogP contribution in [0.2, 0.25) is 0 Å². The van der Waals surface area contributed by atoms with Gasteiger partial charge in [-0.15, -0.1) is 0 Å². The summed E-state index contributed by atoms with van der Waals surface area (Å²) in [6.07, 6.45) is 16.0. The van der Waals surface area contributed by atoms with Gasteiger partial charge in [0.25, 0.3) is 11.8 Å². The van der Waals surface area contributed by atoms with E-state index in [9.17, 15) is 32.8 Å². The number of esters is 1. The Morgan fingerprint density at radius 2 is 1.59 bits per heavy atom. The van der Waals surface area contributed by atoms with Gasteiger partial charge in [-0.25, -0.2) is 13.6 Å². The lowest BCUT2D eigenvalue weighted by Crippen LogP contribution is -2.50. The van der Waals surface area contributed by atoms with Crippen LogP contribution in [-0.2, 0) is 27.4 Å². The number of carbonyl (C=O) groups excluding carboxylic acids is 4. The number of amides is 3. The quantitative estimate of drug-likeness (QED) is 0.124. The number of halogens is 2. The van der Waals surface area contributed by atoms with Crippen molar-refractivity contribution < 1.29 is 37.4 Å². The zero-order valence-electron chi connectivity index (χ0n) is 30.1. The second kappa shape index (κ2) is 19.5. The Morgan fingerprint density at radius 3 is 2.22 bits per heavy atom. The van der Waals surface area contributed by atoms with Crippen molar-refractivity contribution in [2.24, 2.45) is 0 Å². The van der Waals surface area contributed by atoms with E-state index in [-0.39, 0.29) is 49.3 Å². The van der Waals surface area contributed by atoms with Crippen LogP contribution in [-0.4, -0.2) is 58.1 Å². The minimum absolute atomic E-state index is 0.0167. The van der Waals surface area contributed by atoms with Crippen LogP contribution in [0, 0.1) is 11.6 Å². The fourth-order valence-electron chi connectivity index (χ4n) is 6.52. The van der Waals surface area contributed by atoms with Gasteiger partial charge in [-0.2, -0.15) is 0 Å². The number of nitrogens with zero attached hydrogens (tertiary/aromatic N) is 2. The van der Waals surface area contributed by atoms with Crippen molar-refractivity contribution in [2.45, 2.75) is 142 Å². The standard InChI is InChI=1S/C38H52F2N4O7/c1-4-5-6-7-8-9-10-11-12-13-14-15-16-17-31(45)42-26(3)38(49)51-35-33-37(48)44-25(2)24-50-32(44)23-43(33)22-29(34(35)46)36(47)41-21-27-18-19-28(39)20-30(27)40/h18-20,22,25-26,32H,4-17,21,23-24H2,1-3H3,(H,41,47)(H,42,45)/t25-,26-,32+/m0/s1. The molecule has 11 nitrogen and oxygen atoms in total. The number of rotatable bonds is 20. The highest BCUT2D eigenvalue weighted by atomic mass is 19.1. The van der Waals surface area contributed by atoms with Crippen molar-refractivity contribution in [2.75, 3.05) is 6.61 Å². The zero-order chi connectivity index (χ0) is 36.9. The van der Waals surface area contributed by atoms with Gasteiger partial charge in [0.2, 0.25) is 17.1 Å². The highest BCUT2D eigenvalue weighted by Gasteiger charge is 2.43. The maximum Gasteiger partial charge on any atom is 0.333 e. The third-order valence-electron chi connectivity index (χ3n) is 9.48.